The highest BCUT2D eigenvalue weighted by Gasteiger charge is 2.35. The summed E-state index contributed by atoms with van der Waals surface area (Å²) in [5.74, 6) is 0.302. The third-order valence-electron chi connectivity index (χ3n) is 4.87. The summed E-state index contributed by atoms with van der Waals surface area (Å²) in [6.07, 6.45) is 5.30. The monoisotopic (exact) mass is 355 g/mol. The quantitative estimate of drug-likeness (QED) is 0.859. The lowest BCUT2D eigenvalue weighted by Crippen LogP contribution is -2.28. The highest BCUT2D eigenvalue weighted by atomic mass is 16.2. The Labute approximate surface area is 153 Å². The Hall–Kier alpha value is -2.70. The van der Waals surface area contributed by atoms with Gasteiger partial charge < -0.3 is 10.2 Å². The molecule has 1 fully saturated rings. The first-order chi connectivity index (χ1) is 12.5. The van der Waals surface area contributed by atoms with E-state index in [9.17, 15) is 9.59 Å². The van der Waals surface area contributed by atoms with Crippen LogP contribution < -0.4 is 5.32 Å². The van der Waals surface area contributed by atoms with Gasteiger partial charge in [0.25, 0.3) is 0 Å². The van der Waals surface area contributed by atoms with Crippen molar-refractivity contribution in [1.29, 1.82) is 0 Å². The number of nitrogens with one attached hydrogen (secondary N) is 1. The van der Waals surface area contributed by atoms with Gasteiger partial charge in [0.15, 0.2) is 0 Å². The highest BCUT2D eigenvalue weighted by Crippen LogP contribution is 2.25. The number of carbonyl (C=O) groups is 2. The molecular weight excluding hydrogens is 330 g/mol. The van der Waals surface area contributed by atoms with E-state index in [1.165, 1.54) is 0 Å². The number of hydrogen-bond acceptors (Lipinski definition) is 4. The van der Waals surface area contributed by atoms with E-state index in [0.717, 1.165) is 35.5 Å². The summed E-state index contributed by atoms with van der Waals surface area (Å²) in [5, 5.41) is 7.49. The van der Waals surface area contributed by atoms with Crippen LogP contribution in [0.2, 0.25) is 0 Å². The van der Waals surface area contributed by atoms with Crippen molar-refractivity contribution < 1.29 is 9.59 Å². The topological polar surface area (TPSA) is 80.1 Å². The first-order valence-corrected chi connectivity index (χ1v) is 9.05. The molecule has 3 heterocycles. The lowest BCUT2D eigenvalue weighted by molar-refractivity contribution is -0.128. The number of pyridine rings is 1. The third-order valence-corrected chi connectivity index (χ3v) is 4.87. The molecule has 1 N–H and O–H groups in total. The molecule has 0 aromatic carbocycles. The van der Waals surface area contributed by atoms with Gasteiger partial charge in [-0.25, -0.2) is 0 Å². The normalized spacial score (nSPS) is 17.0. The largest absolute Gasteiger partial charge is 0.338 e. The van der Waals surface area contributed by atoms with Gasteiger partial charge in [0.1, 0.15) is 5.82 Å². The molecule has 0 spiro atoms. The maximum absolute atomic E-state index is 12.7. The van der Waals surface area contributed by atoms with Gasteiger partial charge in [-0.05, 0) is 30.5 Å². The van der Waals surface area contributed by atoms with Crippen LogP contribution in [0.4, 0.5) is 5.82 Å². The second kappa shape index (κ2) is 7.68. The molecule has 2 amide bonds. The highest BCUT2D eigenvalue weighted by molar-refractivity contribution is 5.97. The predicted molar refractivity (Wildman–Crippen MR) is 98.4 cm³/mol. The maximum atomic E-state index is 12.7. The molecular formula is C19H25N5O2. The van der Waals surface area contributed by atoms with Crippen molar-refractivity contribution in [3.8, 4) is 0 Å². The summed E-state index contributed by atoms with van der Waals surface area (Å²) >= 11 is 0. The number of likely N-dealkylation sites (tertiary alicyclic amines) is 1. The van der Waals surface area contributed by atoms with Gasteiger partial charge >= 0.3 is 0 Å². The number of amides is 2. The number of carbonyl (C=O) groups excluding carboxylic acids is 2. The summed E-state index contributed by atoms with van der Waals surface area (Å²) in [6.45, 7) is 5.06. The van der Waals surface area contributed by atoms with Gasteiger partial charge in [-0.1, -0.05) is 13.8 Å². The zero-order valence-corrected chi connectivity index (χ0v) is 15.5. The van der Waals surface area contributed by atoms with Crippen molar-refractivity contribution in [2.45, 2.75) is 39.7 Å². The number of rotatable bonds is 6. The summed E-state index contributed by atoms with van der Waals surface area (Å²) in [6, 6.07) is 3.77. The van der Waals surface area contributed by atoms with Crippen LogP contribution in [0.3, 0.4) is 0 Å². The SMILES string of the molecule is CCc1nn(C)c(NC(=O)C2CC(=O)N(Cc3ccncc3)C2)c1CC. The molecule has 2 aromatic rings. The average Bonchev–Trinajstić information content (AvgIpc) is 3.16. The van der Waals surface area contributed by atoms with Crippen LogP contribution in [0.15, 0.2) is 24.5 Å². The second-order valence-corrected chi connectivity index (χ2v) is 6.62. The summed E-state index contributed by atoms with van der Waals surface area (Å²) in [5.41, 5.74) is 3.09. The first-order valence-electron chi connectivity index (χ1n) is 9.05. The number of aryl methyl sites for hydroxylation is 2. The molecule has 3 rings (SSSR count). The van der Waals surface area contributed by atoms with E-state index in [-0.39, 0.29) is 24.2 Å². The molecule has 1 aliphatic rings. The van der Waals surface area contributed by atoms with E-state index < -0.39 is 0 Å². The molecule has 0 radical (unpaired) electrons. The molecule has 1 atom stereocenters. The minimum atomic E-state index is -0.339. The van der Waals surface area contributed by atoms with Crippen molar-refractivity contribution in [1.82, 2.24) is 19.7 Å². The molecule has 0 bridgehead atoms. The van der Waals surface area contributed by atoms with Gasteiger partial charge in [-0.2, -0.15) is 5.10 Å². The lowest BCUT2D eigenvalue weighted by Gasteiger charge is -2.16. The number of hydrogen-bond donors (Lipinski definition) is 1. The number of anilines is 1. The van der Waals surface area contributed by atoms with Gasteiger partial charge in [-0.3, -0.25) is 19.3 Å². The Balaban J connectivity index is 1.68. The van der Waals surface area contributed by atoms with Crippen molar-refractivity contribution in [3.63, 3.8) is 0 Å². The van der Waals surface area contributed by atoms with E-state index in [2.05, 4.69) is 29.2 Å². The molecule has 7 heteroatoms. The van der Waals surface area contributed by atoms with Gasteiger partial charge in [0.05, 0.1) is 11.6 Å². The minimum Gasteiger partial charge on any atom is -0.338 e. The van der Waals surface area contributed by atoms with E-state index in [0.29, 0.717) is 13.1 Å². The molecule has 0 aliphatic carbocycles. The molecule has 26 heavy (non-hydrogen) atoms. The van der Waals surface area contributed by atoms with Crippen molar-refractivity contribution in [2.75, 3.05) is 11.9 Å². The molecule has 1 aliphatic heterocycles. The van der Waals surface area contributed by atoms with Crippen molar-refractivity contribution in [3.05, 3.63) is 41.3 Å². The summed E-state index contributed by atoms with van der Waals surface area (Å²) in [4.78, 5) is 30.8. The standard InChI is InChI=1S/C19H25N5O2/c1-4-15-16(5-2)22-23(3)18(15)21-19(26)14-10-17(25)24(12-14)11-13-6-8-20-9-7-13/h6-9,14H,4-5,10-12H2,1-3H3,(H,21,26). The lowest BCUT2D eigenvalue weighted by atomic mass is 10.1. The van der Waals surface area contributed by atoms with Gasteiger partial charge in [0, 0.05) is 44.5 Å². The van der Waals surface area contributed by atoms with Crippen LogP contribution in [-0.2, 0) is 36.0 Å². The van der Waals surface area contributed by atoms with Crippen LogP contribution in [0.25, 0.3) is 0 Å². The summed E-state index contributed by atoms with van der Waals surface area (Å²) in [7, 11) is 1.84. The van der Waals surface area contributed by atoms with Gasteiger partial charge in [-0.15, -0.1) is 0 Å². The smallest absolute Gasteiger partial charge is 0.230 e. The van der Waals surface area contributed by atoms with E-state index >= 15 is 0 Å². The maximum Gasteiger partial charge on any atom is 0.230 e. The van der Waals surface area contributed by atoms with Crippen LogP contribution in [-0.4, -0.2) is 38.0 Å². The van der Waals surface area contributed by atoms with Crippen molar-refractivity contribution in [2.24, 2.45) is 13.0 Å². The van der Waals surface area contributed by atoms with Crippen LogP contribution in [0.5, 0.6) is 0 Å². The fraction of sp³-hybridized carbons (Fsp3) is 0.474. The minimum absolute atomic E-state index is 0.0110. The van der Waals surface area contributed by atoms with Crippen LogP contribution in [0, 0.1) is 5.92 Å². The number of aromatic nitrogens is 3. The third kappa shape index (κ3) is 3.61. The first kappa shape index (κ1) is 18.1. The molecule has 1 unspecified atom stereocenters. The molecule has 1 saturated heterocycles. The fourth-order valence-corrected chi connectivity index (χ4v) is 3.46. The van der Waals surface area contributed by atoms with Crippen LogP contribution in [0.1, 0.15) is 37.1 Å². The van der Waals surface area contributed by atoms with E-state index in [1.807, 2.05) is 19.2 Å². The fourth-order valence-electron chi connectivity index (χ4n) is 3.46. The second-order valence-electron chi connectivity index (χ2n) is 6.62. The van der Waals surface area contributed by atoms with Crippen LogP contribution >= 0.6 is 0 Å². The zero-order chi connectivity index (χ0) is 18.7. The molecule has 138 valence electrons. The molecule has 2 aromatic heterocycles. The van der Waals surface area contributed by atoms with Crippen molar-refractivity contribution >= 4 is 17.6 Å². The molecule has 0 saturated carbocycles. The Morgan fingerprint density at radius 3 is 2.65 bits per heavy atom. The molecule has 7 nitrogen and oxygen atoms in total. The Morgan fingerprint density at radius 2 is 2.00 bits per heavy atom. The van der Waals surface area contributed by atoms with E-state index in [4.69, 9.17) is 0 Å². The van der Waals surface area contributed by atoms with Gasteiger partial charge in [0.2, 0.25) is 11.8 Å². The average molecular weight is 355 g/mol. The Morgan fingerprint density at radius 1 is 1.27 bits per heavy atom. The number of nitrogens with zero attached hydrogens (tertiary/aromatic N) is 4. The Kier molecular flexibility index (Phi) is 5.35. The predicted octanol–water partition coefficient (Wildman–Crippen LogP) is 1.93. The summed E-state index contributed by atoms with van der Waals surface area (Å²) < 4.78 is 1.72. The van der Waals surface area contributed by atoms with E-state index in [1.54, 1.807) is 22.0 Å². The Bertz CT molecular complexity index is 800. The zero-order valence-electron chi connectivity index (χ0n) is 15.5.